The maximum Gasteiger partial charge on any atom is 0.106 e. The van der Waals surface area contributed by atoms with Crippen molar-refractivity contribution in [1.29, 1.82) is 0 Å². The molecule has 0 aromatic heterocycles. The van der Waals surface area contributed by atoms with Crippen LogP contribution in [0, 0.1) is 13.8 Å². The Morgan fingerprint density at radius 1 is 1.05 bits per heavy atom. The summed E-state index contributed by atoms with van der Waals surface area (Å²) >= 11 is 0. The highest BCUT2D eigenvalue weighted by molar-refractivity contribution is 5.56. The molecule has 0 spiro atoms. The average molecular weight is 304 g/mol. The van der Waals surface area contributed by atoms with Gasteiger partial charge in [-0.05, 0) is 57.1 Å². The predicted octanol–water partition coefficient (Wildman–Crippen LogP) is 4.90. The van der Waals surface area contributed by atoms with Crippen molar-refractivity contribution < 1.29 is 4.48 Å². The van der Waals surface area contributed by atoms with Crippen LogP contribution in [0.1, 0.15) is 57.1 Å². The molecule has 2 heteroatoms. The first-order valence-corrected chi connectivity index (χ1v) is 9.29. The maximum absolute atomic E-state index is 3.80. The van der Waals surface area contributed by atoms with Gasteiger partial charge in [-0.2, -0.15) is 0 Å². The van der Waals surface area contributed by atoms with Crippen molar-refractivity contribution in [3.05, 3.63) is 29.3 Å². The third-order valence-corrected chi connectivity index (χ3v) is 5.62. The van der Waals surface area contributed by atoms with Gasteiger partial charge in [-0.1, -0.05) is 32.0 Å². The van der Waals surface area contributed by atoms with E-state index in [2.05, 4.69) is 51.2 Å². The van der Waals surface area contributed by atoms with Gasteiger partial charge in [0.2, 0.25) is 0 Å². The normalized spacial score (nSPS) is 18.9. The van der Waals surface area contributed by atoms with Gasteiger partial charge in [-0.25, -0.2) is 0 Å². The lowest BCUT2D eigenvalue weighted by molar-refractivity contribution is -0.953. The van der Waals surface area contributed by atoms with Gasteiger partial charge in [0.05, 0.1) is 26.2 Å². The fourth-order valence-corrected chi connectivity index (χ4v) is 4.40. The molecule has 0 bridgehead atoms. The Labute approximate surface area is 137 Å². The first-order valence-electron chi connectivity index (χ1n) is 9.29. The number of benzene rings is 1. The second kappa shape index (κ2) is 8.01. The monoisotopic (exact) mass is 303 g/mol. The zero-order valence-corrected chi connectivity index (χ0v) is 15.1. The molecule has 0 saturated carbocycles. The number of nitrogens with one attached hydrogen (secondary N) is 1. The number of aryl methyl sites for hydroxylation is 2. The summed E-state index contributed by atoms with van der Waals surface area (Å²) < 4.78 is 1.35. The van der Waals surface area contributed by atoms with Crippen LogP contribution < -0.4 is 5.32 Å². The van der Waals surface area contributed by atoms with E-state index in [9.17, 15) is 0 Å². The van der Waals surface area contributed by atoms with Gasteiger partial charge in [0.15, 0.2) is 0 Å². The summed E-state index contributed by atoms with van der Waals surface area (Å²) in [6, 6.07) is 7.34. The molecular formula is C20H35N2+. The van der Waals surface area contributed by atoms with Crippen molar-refractivity contribution in [3.8, 4) is 0 Å². The molecule has 1 unspecified atom stereocenters. The Kier molecular flexibility index (Phi) is 6.31. The van der Waals surface area contributed by atoms with Crippen molar-refractivity contribution in [3.63, 3.8) is 0 Å². The molecule has 2 rings (SSSR count). The van der Waals surface area contributed by atoms with Crippen LogP contribution in [0.2, 0.25) is 0 Å². The summed E-state index contributed by atoms with van der Waals surface area (Å²) in [4.78, 5) is 0. The van der Waals surface area contributed by atoms with Gasteiger partial charge in [0, 0.05) is 5.69 Å². The van der Waals surface area contributed by atoms with E-state index in [0.717, 1.165) is 12.6 Å². The molecule has 1 aromatic carbocycles. The lowest BCUT2D eigenvalue weighted by Crippen LogP contribution is -2.60. The molecule has 22 heavy (non-hydrogen) atoms. The molecule has 1 N–H and O–H groups in total. The van der Waals surface area contributed by atoms with E-state index < -0.39 is 0 Å². The smallest absolute Gasteiger partial charge is 0.106 e. The fraction of sp³-hybridized carbons (Fsp3) is 0.700. The molecule has 0 aliphatic carbocycles. The van der Waals surface area contributed by atoms with E-state index in [1.54, 1.807) is 0 Å². The third kappa shape index (κ3) is 3.84. The summed E-state index contributed by atoms with van der Waals surface area (Å²) in [5.74, 6) is 0. The van der Waals surface area contributed by atoms with Gasteiger partial charge >= 0.3 is 0 Å². The summed E-state index contributed by atoms with van der Waals surface area (Å²) in [5.41, 5.74) is 4.10. The van der Waals surface area contributed by atoms with Crippen molar-refractivity contribution in [2.24, 2.45) is 0 Å². The first-order chi connectivity index (χ1) is 10.6. The lowest BCUT2D eigenvalue weighted by atomic mass is 10.00. The highest BCUT2D eigenvalue weighted by atomic mass is 15.4. The number of nitrogens with zero attached hydrogens (tertiary/aromatic N) is 1. The SMILES string of the molecule is CCC[N+]1(C(CC)CNc2c(C)cccc2C)CCCCC1. The highest BCUT2D eigenvalue weighted by Gasteiger charge is 2.36. The zero-order valence-electron chi connectivity index (χ0n) is 15.1. The summed E-state index contributed by atoms with van der Waals surface area (Å²) in [7, 11) is 0. The predicted molar refractivity (Wildman–Crippen MR) is 97.5 cm³/mol. The van der Waals surface area contributed by atoms with Crippen LogP contribution in [0.5, 0.6) is 0 Å². The highest BCUT2D eigenvalue weighted by Crippen LogP contribution is 2.27. The molecule has 1 saturated heterocycles. The quantitative estimate of drug-likeness (QED) is 0.706. The second-order valence-corrected chi connectivity index (χ2v) is 7.16. The van der Waals surface area contributed by atoms with Crippen LogP contribution in [0.25, 0.3) is 0 Å². The van der Waals surface area contributed by atoms with E-state index in [1.165, 1.54) is 73.0 Å². The van der Waals surface area contributed by atoms with Crippen LogP contribution in [-0.4, -0.2) is 36.7 Å². The Balaban J connectivity index is 2.10. The topological polar surface area (TPSA) is 12.0 Å². The minimum atomic E-state index is 0.749. The average Bonchev–Trinajstić information content (AvgIpc) is 2.51. The van der Waals surface area contributed by atoms with Crippen molar-refractivity contribution in [2.45, 2.75) is 65.8 Å². The van der Waals surface area contributed by atoms with Crippen LogP contribution in [-0.2, 0) is 0 Å². The molecule has 1 aliphatic rings. The van der Waals surface area contributed by atoms with Crippen LogP contribution in [0.15, 0.2) is 18.2 Å². The van der Waals surface area contributed by atoms with E-state index in [0.29, 0.717) is 0 Å². The second-order valence-electron chi connectivity index (χ2n) is 7.16. The minimum Gasteiger partial charge on any atom is -0.379 e. The Bertz CT molecular complexity index is 435. The lowest BCUT2D eigenvalue weighted by Gasteiger charge is -2.47. The van der Waals surface area contributed by atoms with Gasteiger partial charge in [0.1, 0.15) is 6.04 Å². The minimum absolute atomic E-state index is 0.749. The number of anilines is 1. The van der Waals surface area contributed by atoms with Crippen molar-refractivity contribution >= 4 is 5.69 Å². The van der Waals surface area contributed by atoms with E-state index in [-0.39, 0.29) is 0 Å². The molecule has 0 amide bonds. The number of hydrogen-bond acceptors (Lipinski definition) is 1. The van der Waals surface area contributed by atoms with Gasteiger partial charge < -0.3 is 9.80 Å². The molecule has 1 aromatic rings. The van der Waals surface area contributed by atoms with Gasteiger partial charge in [-0.15, -0.1) is 0 Å². The Morgan fingerprint density at radius 2 is 1.68 bits per heavy atom. The third-order valence-electron chi connectivity index (χ3n) is 5.62. The standard InChI is InChI=1S/C20H35N2/c1-5-13-22(14-8-7-9-15-22)19(6-2)16-21-20-17(3)11-10-12-18(20)4/h10-12,19,21H,5-9,13-16H2,1-4H3/q+1. The zero-order chi connectivity index (χ0) is 16.0. The molecule has 2 nitrogen and oxygen atoms in total. The number of rotatable bonds is 7. The molecule has 1 fully saturated rings. The van der Waals surface area contributed by atoms with E-state index in [1.807, 2.05) is 0 Å². The summed E-state index contributed by atoms with van der Waals surface area (Å²) in [5, 5.41) is 3.80. The number of quaternary nitrogens is 1. The fourth-order valence-electron chi connectivity index (χ4n) is 4.40. The van der Waals surface area contributed by atoms with Crippen LogP contribution in [0.3, 0.4) is 0 Å². The number of hydrogen-bond donors (Lipinski definition) is 1. The Morgan fingerprint density at radius 3 is 2.23 bits per heavy atom. The van der Waals surface area contributed by atoms with Crippen molar-refractivity contribution in [1.82, 2.24) is 0 Å². The van der Waals surface area contributed by atoms with Crippen LogP contribution in [0.4, 0.5) is 5.69 Å². The summed E-state index contributed by atoms with van der Waals surface area (Å²) in [6.45, 7) is 14.4. The van der Waals surface area contributed by atoms with Crippen LogP contribution >= 0.6 is 0 Å². The molecule has 1 aliphatic heterocycles. The van der Waals surface area contributed by atoms with E-state index in [4.69, 9.17) is 0 Å². The molecule has 1 atom stereocenters. The van der Waals surface area contributed by atoms with Crippen molar-refractivity contribution in [2.75, 3.05) is 31.5 Å². The molecular weight excluding hydrogens is 268 g/mol. The molecule has 1 heterocycles. The molecule has 124 valence electrons. The number of piperidine rings is 1. The largest absolute Gasteiger partial charge is 0.379 e. The number of likely N-dealkylation sites (tertiary alicyclic amines) is 1. The van der Waals surface area contributed by atoms with E-state index >= 15 is 0 Å². The van der Waals surface area contributed by atoms with Gasteiger partial charge in [-0.3, -0.25) is 0 Å². The number of para-hydroxylation sites is 1. The Hall–Kier alpha value is -1.02. The maximum atomic E-state index is 3.80. The first kappa shape index (κ1) is 17.3. The molecule has 0 radical (unpaired) electrons. The van der Waals surface area contributed by atoms with Gasteiger partial charge in [0.25, 0.3) is 0 Å². The summed E-state index contributed by atoms with van der Waals surface area (Å²) in [6.07, 6.45) is 6.85.